The molecule has 36 heavy (non-hydrogen) atoms. The molecule has 0 aromatic heterocycles. The van der Waals surface area contributed by atoms with Crippen molar-refractivity contribution in [2.24, 2.45) is 5.92 Å². The zero-order chi connectivity index (χ0) is 25.9. The fourth-order valence-corrected chi connectivity index (χ4v) is 3.88. The van der Waals surface area contributed by atoms with Gasteiger partial charge in [-0.3, -0.25) is 9.59 Å². The third kappa shape index (κ3) is 8.02. The summed E-state index contributed by atoms with van der Waals surface area (Å²) in [5.41, 5.74) is 1.71. The summed E-state index contributed by atoms with van der Waals surface area (Å²) in [7, 11) is 1.59. The van der Waals surface area contributed by atoms with Crippen LogP contribution in [0.3, 0.4) is 0 Å². The van der Waals surface area contributed by atoms with Gasteiger partial charge in [-0.1, -0.05) is 74.0 Å². The first kappa shape index (κ1) is 27.1. The average molecular weight is 509 g/mol. The first-order chi connectivity index (χ1) is 17.4. The van der Waals surface area contributed by atoms with Crippen molar-refractivity contribution in [3.05, 3.63) is 95.0 Å². The number of halogens is 1. The van der Waals surface area contributed by atoms with Gasteiger partial charge in [-0.05, 0) is 47.4 Å². The monoisotopic (exact) mass is 508 g/mol. The number of ether oxygens (including phenoxy) is 2. The van der Waals surface area contributed by atoms with E-state index in [9.17, 15) is 9.59 Å². The molecule has 2 amide bonds. The van der Waals surface area contributed by atoms with Crippen LogP contribution in [0, 0.1) is 5.92 Å². The molecule has 0 aliphatic heterocycles. The highest BCUT2D eigenvalue weighted by atomic mass is 35.5. The molecular formula is C29H33ClN2O4. The largest absolute Gasteiger partial charge is 0.497 e. The lowest BCUT2D eigenvalue weighted by Crippen LogP contribution is -2.52. The molecule has 0 unspecified atom stereocenters. The Morgan fingerprint density at radius 1 is 0.917 bits per heavy atom. The van der Waals surface area contributed by atoms with Crippen molar-refractivity contribution >= 4 is 23.4 Å². The second-order valence-electron chi connectivity index (χ2n) is 8.92. The molecule has 0 fully saturated rings. The predicted molar refractivity (Wildman–Crippen MR) is 142 cm³/mol. The van der Waals surface area contributed by atoms with E-state index in [4.69, 9.17) is 21.1 Å². The number of nitrogens with zero attached hydrogens (tertiary/aromatic N) is 1. The molecule has 190 valence electrons. The Hall–Kier alpha value is -3.51. The molecule has 0 saturated heterocycles. The van der Waals surface area contributed by atoms with Gasteiger partial charge in [0, 0.05) is 24.5 Å². The Labute approximate surface area is 218 Å². The number of nitrogens with one attached hydrogen (secondary N) is 1. The summed E-state index contributed by atoms with van der Waals surface area (Å²) in [5.74, 6) is 0.978. The Kier molecular flexibility index (Phi) is 10.2. The maximum atomic E-state index is 13.6. The minimum absolute atomic E-state index is 0.178. The molecule has 0 heterocycles. The van der Waals surface area contributed by atoms with Crippen LogP contribution >= 0.6 is 11.6 Å². The predicted octanol–water partition coefficient (Wildman–Crippen LogP) is 5.14. The van der Waals surface area contributed by atoms with E-state index in [2.05, 4.69) is 5.32 Å². The van der Waals surface area contributed by atoms with Crippen LogP contribution in [0.5, 0.6) is 11.5 Å². The van der Waals surface area contributed by atoms with Gasteiger partial charge >= 0.3 is 0 Å². The van der Waals surface area contributed by atoms with Crippen molar-refractivity contribution < 1.29 is 19.1 Å². The van der Waals surface area contributed by atoms with Gasteiger partial charge in [-0.2, -0.15) is 0 Å². The first-order valence-corrected chi connectivity index (χ1v) is 12.4. The van der Waals surface area contributed by atoms with Crippen LogP contribution in [0.1, 0.15) is 25.0 Å². The highest BCUT2D eigenvalue weighted by Crippen LogP contribution is 2.22. The molecule has 0 radical (unpaired) electrons. The van der Waals surface area contributed by atoms with Crippen LogP contribution in [0.4, 0.5) is 0 Å². The molecule has 0 aliphatic rings. The number of methoxy groups -OCH3 is 1. The van der Waals surface area contributed by atoms with Gasteiger partial charge < -0.3 is 19.7 Å². The van der Waals surface area contributed by atoms with E-state index in [1.54, 1.807) is 42.3 Å². The molecule has 3 aromatic rings. The Bertz CT molecular complexity index is 1120. The lowest BCUT2D eigenvalue weighted by Gasteiger charge is -2.32. The number of hydrogen-bond donors (Lipinski definition) is 1. The lowest BCUT2D eigenvalue weighted by atomic mass is 10.0. The van der Waals surface area contributed by atoms with Gasteiger partial charge in [0.05, 0.1) is 7.11 Å². The first-order valence-electron chi connectivity index (χ1n) is 12.0. The Morgan fingerprint density at radius 2 is 1.56 bits per heavy atom. The van der Waals surface area contributed by atoms with Crippen LogP contribution < -0.4 is 14.8 Å². The molecule has 0 bridgehead atoms. The molecule has 6 nitrogen and oxygen atoms in total. The molecule has 1 atom stereocenters. The third-order valence-corrected chi connectivity index (χ3v) is 6.04. The second-order valence-corrected chi connectivity index (χ2v) is 9.33. The van der Waals surface area contributed by atoms with Crippen molar-refractivity contribution in [2.75, 3.05) is 20.3 Å². The quantitative estimate of drug-likeness (QED) is 0.368. The van der Waals surface area contributed by atoms with Gasteiger partial charge in [-0.25, -0.2) is 0 Å². The normalized spacial score (nSPS) is 11.6. The fourth-order valence-electron chi connectivity index (χ4n) is 3.69. The fraction of sp³-hybridized carbons (Fsp3) is 0.310. The number of amides is 2. The maximum absolute atomic E-state index is 13.6. The molecular weight excluding hydrogens is 476 g/mol. The molecule has 3 rings (SSSR count). The second kappa shape index (κ2) is 13.5. The SMILES string of the molecule is COc1ccc(OCC(=O)N(Cc2ccccc2Cl)[C@@H](Cc2ccccc2)C(=O)NCC(C)C)cc1. The number of carbonyl (C=O) groups is 2. The summed E-state index contributed by atoms with van der Waals surface area (Å²) in [4.78, 5) is 28.6. The van der Waals surface area contributed by atoms with E-state index in [1.165, 1.54) is 0 Å². The smallest absolute Gasteiger partial charge is 0.261 e. The van der Waals surface area contributed by atoms with Crippen LogP contribution in [0.15, 0.2) is 78.9 Å². The molecule has 3 aromatic carbocycles. The molecule has 0 aliphatic carbocycles. The summed E-state index contributed by atoms with van der Waals surface area (Å²) >= 11 is 6.44. The Balaban J connectivity index is 1.89. The van der Waals surface area contributed by atoms with E-state index in [-0.39, 0.29) is 30.9 Å². The van der Waals surface area contributed by atoms with Crippen molar-refractivity contribution in [1.82, 2.24) is 10.2 Å². The highest BCUT2D eigenvalue weighted by molar-refractivity contribution is 6.31. The Morgan fingerprint density at radius 3 is 2.19 bits per heavy atom. The van der Waals surface area contributed by atoms with Gasteiger partial charge in [-0.15, -0.1) is 0 Å². The zero-order valence-corrected chi connectivity index (χ0v) is 21.7. The maximum Gasteiger partial charge on any atom is 0.261 e. The van der Waals surface area contributed by atoms with Gasteiger partial charge in [0.1, 0.15) is 17.5 Å². The highest BCUT2D eigenvalue weighted by Gasteiger charge is 2.31. The summed E-state index contributed by atoms with van der Waals surface area (Å²) in [5, 5.41) is 3.54. The minimum Gasteiger partial charge on any atom is -0.497 e. The van der Waals surface area contributed by atoms with E-state index in [0.717, 1.165) is 11.1 Å². The van der Waals surface area contributed by atoms with Crippen molar-refractivity contribution in [1.29, 1.82) is 0 Å². The van der Waals surface area contributed by atoms with Gasteiger partial charge in [0.15, 0.2) is 6.61 Å². The van der Waals surface area contributed by atoms with E-state index < -0.39 is 6.04 Å². The lowest BCUT2D eigenvalue weighted by molar-refractivity contribution is -0.142. The third-order valence-electron chi connectivity index (χ3n) is 5.68. The molecule has 7 heteroatoms. The van der Waals surface area contributed by atoms with Crippen LogP contribution in [-0.4, -0.2) is 43.0 Å². The van der Waals surface area contributed by atoms with E-state index in [0.29, 0.717) is 29.5 Å². The van der Waals surface area contributed by atoms with Gasteiger partial charge in [0.25, 0.3) is 5.91 Å². The number of hydrogen-bond acceptors (Lipinski definition) is 4. The topological polar surface area (TPSA) is 67.9 Å². The zero-order valence-electron chi connectivity index (χ0n) is 20.9. The summed E-state index contributed by atoms with van der Waals surface area (Å²) in [6, 6.07) is 23.3. The van der Waals surface area contributed by atoms with Crippen LogP contribution in [0.25, 0.3) is 0 Å². The summed E-state index contributed by atoms with van der Waals surface area (Å²) in [6.07, 6.45) is 0.365. The van der Waals surface area contributed by atoms with Crippen molar-refractivity contribution in [2.45, 2.75) is 32.9 Å². The number of benzene rings is 3. The molecule has 0 spiro atoms. The van der Waals surface area contributed by atoms with Crippen LogP contribution in [-0.2, 0) is 22.6 Å². The van der Waals surface area contributed by atoms with E-state index in [1.807, 2.05) is 62.4 Å². The standard InChI is InChI=1S/C29H33ClN2O4/c1-21(2)18-31-29(34)27(17-22-9-5-4-6-10-22)32(19-23-11-7-8-12-26(23)30)28(33)20-36-25-15-13-24(35-3)14-16-25/h4-16,21,27H,17-20H2,1-3H3,(H,31,34)/t27-/m0/s1. The number of rotatable bonds is 12. The molecule has 0 saturated carbocycles. The van der Waals surface area contributed by atoms with Crippen molar-refractivity contribution in [3.8, 4) is 11.5 Å². The number of carbonyl (C=O) groups excluding carboxylic acids is 2. The summed E-state index contributed by atoms with van der Waals surface area (Å²) in [6.45, 7) is 4.53. The van der Waals surface area contributed by atoms with Crippen LogP contribution in [0.2, 0.25) is 5.02 Å². The van der Waals surface area contributed by atoms with Gasteiger partial charge in [0.2, 0.25) is 5.91 Å². The van der Waals surface area contributed by atoms with Crippen molar-refractivity contribution in [3.63, 3.8) is 0 Å². The average Bonchev–Trinajstić information content (AvgIpc) is 2.89. The van der Waals surface area contributed by atoms with E-state index >= 15 is 0 Å². The minimum atomic E-state index is -0.741. The summed E-state index contributed by atoms with van der Waals surface area (Å²) < 4.78 is 11.0. The molecule has 1 N–H and O–H groups in total.